The first-order valence-electron chi connectivity index (χ1n) is 18.4. The second kappa shape index (κ2) is 13.4. The van der Waals surface area contributed by atoms with Gasteiger partial charge in [0.05, 0.1) is 11.1 Å². The minimum absolute atomic E-state index is 0.856. The summed E-state index contributed by atoms with van der Waals surface area (Å²) in [7, 11) is 0. The van der Waals surface area contributed by atoms with Crippen molar-refractivity contribution in [2.24, 2.45) is 0 Å². The predicted octanol–water partition coefficient (Wildman–Crippen LogP) is 14.9. The van der Waals surface area contributed by atoms with E-state index in [1.807, 2.05) is 0 Å². The lowest BCUT2D eigenvalue weighted by molar-refractivity contribution is 0.672. The monoisotopic (exact) mass is 689 g/mol. The van der Waals surface area contributed by atoms with E-state index in [4.69, 9.17) is 4.42 Å². The van der Waals surface area contributed by atoms with Gasteiger partial charge in [-0.25, -0.2) is 0 Å². The third-order valence-corrected chi connectivity index (χ3v) is 10.5. The first-order valence-corrected chi connectivity index (χ1v) is 18.4. The number of anilines is 3. The van der Waals surface area contributed by atoms with Crippen molar-refractivity contribution in [2.45, 2.75) is 0 Å². The summed E-state index contributed by atoms with van der Waals surface area (Å²) in [5.41, 5.74) is 14.4. The normalized spacial score (nSPS) is 11.3. The van der Waals surface area contributed by atoms with Gasteiger partial charge in [0.2, 0.25) is 0 Å². The van der Waals surface area contributed by atoms with Gasteiger partial charge in [-0.2, -0.15) is 0 Å². The average Bonchev–Trinajstić information content (AvgIpc) is 3.65. The fraction of sp³-hybridized carbons (Fsp3) is 0. The zero-order valence-corrected chi connectivity index (χ0v) is 29.6. The van der Waals surface area contributed by atoms with E-state index in [0.29, 0.717) is 0 Å². The summed E-state index contributed by atoms with van der Waals surface area (Å²) < 4.78 is 6.84. The molecule has 0 aliphatic carbocycles. The quantitative estimate of drug-likeness (QED) is 0.166. The number of nitrogens with zero attached hydrogens (tertiary/aromatic N) is 1. The van der Waals surface area contributed by atoms with Crippen LogP contribution in [0.5, 0.6) is 0 Å². The van der Waals surface area contributed by atoms with Gasteiger partial charge in [-0.1, -0.05) is 170 Å². The number of furan rings is 1. The minimum atomic E-state index is 0.856. The van der Waals surface area contributed by atoms with E-state index >= 15 is 0 Å². The second-order valence-electron chi connectivity index (χ2n) is 13.7. The molecule has 10 rings (SSSR count). The van der Waals surface area contributed by atoms with E-state index in [0.717, 1.165) is 50.0 Å². The third kappa shape index (κ3) is 5.62. The van der Waals surface area contributed by atoms with Crippen LogP contribution in [0.2, 0.25) is 0 Å². The van der Waals surface area contributed by atoms with E-state index in [-0.39, 0.29) is 0 Å². The molecule has 10 aromatic rings. The molecule has 0 amide bonds. The molecule has 9 aromatic carbocycles. The Labute approximate surface area is 314 Å². The van der Waals surface area contributed by atoms with Crippen molar-refractivity contribution < 1.29 is 4.42 Å². The van der Waals surface area contributed by atoms with Crippen molar-refractivity contribution in [3.05, 3.63) is 212 Å². The standard InChI is InChI=1S/C52H35NO/c1-4-14-36(15-5-1)39-26-28-41(29-27-39)47-35-48-51-49(24-13-25-50(51)54-52(48)46-23-11-10-22-45(46)47)53(43-32-30-40(31-33-43)37-16-6-2-7-17-37)44-21-12-20-42(34-44)38-18-8-3-9-19-38/h1-35H. The van der Waals surface area contributed by atoms with Crippen LogP contribution in [0.15, 0.2) is 217 Å². The maximum atomic E-state index is 6.84. The Morgan fingerprint density at radius 3 is 1.46 bits per heavy atom. The van der Waals surface area contributed by atoms with Gasteiger partial charge in [0, 0.05) is 22.1 Å². The van der Waals surface area contributed by atoms with Gasteiger partial charge in [0.1, 0.15) is 11.2 Å². The summed E-state index contributed by atoms with van der Waals surface area (Å²) in [5, 5.41) is 4.44. The van der Waals surface area contributed by atoms with E-state index in [9.17, 15) is 0 Å². The lowest BCUT2D eigenvalue weighted by atomic mass is 9.93. The fourth-order valence-electron chi connectivity index (χ4n) is 7.84. The van der Waals surface area contributed by atoms with Crippen LogP contribution in [0.3, 0.4) is 0 Å². The Kier molecular flexibility index (Phi) is 7.85. The highest BCUT2D eigenvalue weighted by Crippen LogP contribution is 2.47. The Bertz CT molecular complexity index is 2890. The van der Waals surface area contributed by atoms with Crippen LogP contribution < -0.4 is 4.90 Å². The van der Waals surface area contributed by atoms with Crippen molar-refractivity contribution in [2.75, 3.05) is 4.90 Å². The van der Waals surface area contributed by atoms with Gasteiger partial charge in [-0.3, -0.25) is 0 Å². The van der Waals surface area contributed by atoms with Crippen LogP contribution in [-0.2, 0) is 0 Å². The molecule has 54 heavy (non-hydrogen) atoms. The average molecular weight is 690 g/mol. The molecule has 0 aliphatic rings. The van der Waals surface area contributed by atoms with Gasteiger partial charge in [0.25, 0.3) is 0 Å². The Morgan fingerprint density at radius 2 is 0.815 bits per heavy atom. The molecule has 1 heterocycles. The topological polar surface area (TPSA) is 16.4 Å². The van der Waals surface area contributed by atoms with Crippen LogP contribution in [-0.4, -0.2) is 0 Å². The Morgan fingerprint density at radius 1 is 0.315 bits per heavy atom. The van der Waals surface area contributed by atoms with E-state index in [1.54, 1.807) is 0 Å². The molecular formula is C52H35NO. The van der Waals surface area contributed by atoms with Crippen LogP contribution in [0.1, 0.15) is 0 Å². The summed E-state index contributed by atoms with van der Waals surface area (Å²) in [4.78, 5) is 2.38. The molecule has 0 aliphatic heterocycles. The van der Waals surface area contributed by atoms with Gasteiger partial charge in [-0.05, 0) is 92.4 Å². The summed E-state index contributed by atoms with van der Waals surface area (Å²) in [6, 6.07) is 75.7. The maximum Gasteiger partial charge on any atom is 0.143 e. The van der Waals surface area contributed by atoms with E-state index < -0.39 is 0 Å². The Hall–Kier alpha value is -7.16. The molecule has 0 saturated carbocycles. The van der Waals surface area contributed by atoms with Gasteiger partial charge >= 0.3 is 0 Å². The van der Waals surface area contributed by atoms with Crippen LogP contribution in [0.4, 0.5) is 17.1 Å². The van der Waals surface area contributed by atoms with Crippen LogP contribution in [0, 0.1) is 0 Å². The molecule has 0 spiro atoms. The highest BCUT2D eigenvalue weighted by molar-refractivity contribution is 6.22. The van der Waals surface area contributed by atoms with E-state index in [2.05, 4.69) is 217 Å². The molecule has 0 atom stereocenters. The number of benzene rings is 9. The zero-order chi connectivity index (χ0) is 35.8. The SMILES string of the molecule is c1ccc(-c2ccc(-c3cc4c(oc5cccc(N(c6ccc(-c7ccccc7)cc6)c6cccc(-c7ccccc7)c6)c54)c4ccccc34)cc2)cc1. The van der Waals surface area contributed by atoms with Gasteiger partial charge in [0.15, 0.2) is 0 Å². The molecule has 0 radical (unpaired) electrons. The van der Waals surface area contributed by atoms with Crippen molar-refractivity contribution >= 4 is 49.8 Å². The number of rotatable bonds is 7. The summed E-state index contributed by atoms with van der Waals surface area (Å²) in [6.45, 7) is 0. The molecule has 0 bridgehead atoms. The zero-order valence-electron chi connectivity index (χ0n) is 29.6. The maximum absolute atomic E-state index is 6.84. The summed E-state index contributed by atoms with van der Waals surface area (Å²) in [5.74, 6) is 0. The van der Waals surface area contributed by atoms with Crippen LogP contribution in [0.25, 0.3) is 77.2 Å². The number of fused-ring (bicyclic) bond motifs is 5. The van der Waals surface area contributed by atoms with Gasteiger partial charge in [-0.15, -0.1) is 0 Å². The highest BCUT2D eigenvalue weighted by atomic mass is 16.3. The molecular weight excluding hydrogens is 655 g/mol. The van der Waals surface area contributed by atoms with Crippen molar-refractivity contribution in [1.29, 1.82) is 0 Å². The number of hydrogen-bond donors (Lipinski definition) is 0. The lowest BCUT2D eigenvalue weighted by Gasteiger charge is -2.27. The van der Waals surface area contributed by atoms with E-state index in [1.165, 1.54) is 44.3 Å². The number of hydrogen-bond acceptors (Lipinski definition) is 2. The molecule has 0 fully saturated rings. The van der Waals surface area contributed by atoms with Crippen molar-refractivity contribution in [3.63, 3.8) is 0 Å². The first-order chi connectivity index (χ1) is 26.8. The highest BCUT2D eigenvalue weighted by Gasteiger charge is 2.22. The second-order valence-corrected chi connectivity index (χ2v) is 13.7. The molecule has 0 N–H and O–H groups in total. The third-order valence-electron chi connectivity index (χ3n) is 10.5. The van der Waals surface area contributed by atoms with Crippen LogP contribution >= 0.6 is 0 Å². The van der Waals surface area contributed by atoms with Crippen molar-refractivity contribution in [3.8, 4) is 44.5 Å². The van der Waals surface area contributed by atoms with Gasteiger partial charge < -0.3 is 9.32 Å². The Balaban J connectivity index is 1.19. The minimum Gasteiger partial charge on any atom is -0.455 e. The summed E-state index contributed by atoms with van der Waals surface area (Å²) in [6.07, 6.45) is 0. The molecule has 254 valence electrons. The molecule has 0 unspecified atom stereocenters. The molecule has 2 nitrogen and oxygen atoms in total. The first kappa shape index (κ1) is 31.6. The lowest BCUT2D eigenvalue weighted by Crippen LogP contribution is -2.10. The molecule has 1 aromatic heterocycles. The largest absolute Gasteiger partial charge is 0.455 e. The molecule has 0 saturated heterocycles. The molecule has 2 heteroatoms. The fourth-order valence-corrected chi connectivity index (χ4v) is 7.84. The summed E-state index contributed by atoms with van der Waals surface area (Å²) >= 11 is 0. The van der Waals surface area contributed by atoms with Crippen molar-refractivity contribution in [1.82, 2.24) is 0 Å². The smallest absolute Gasteiger partial charge is 0.143 e. The predicted molar refractivity (Wildman–Crippen MR) is 228 cm³/mol.